The van der Waals surface area contributed by atoms with Crippen LogP contribution in [0.15, 0.2) is 24.5 Å². The van der Waals surface area contributed by atoms with Crippen molar-refractivity contribution in [1.29, 1.82) is 0 Å². The highest BCUT2D eigenvalue weighted by Gasteiger charge is 2.02. The minimum absolute atomic E-state index is 0.371. The van der Waals surface area contributed by atoms with E-state index >= 15 is 0 Å². The van der Waals surface area contributed by atoms with Crippen LogP contribution in [0.25, 0.3) is 0 Å². The first kappa shape index (κ1) is 10.7. The van der Waals surface area contributed by atoms with Gasteiger partial charge in [0.1, 0.15) is 0 Å². The van der Waals surface area contributed by atoms with Crippen molar-refractivity contribution in [3.8, 4) is 12.3 Å². The Bertz CT molecular complexity index is 287. The Hall–Kier alpha value is -1.33. The van der Waals surface area contributed by atoms with Gasteiger partial charge in [-0.25, -0.2) is 0 Å². The van der Waals surface area contributed by atoms with Gasteiger partial charge in [0.2, 0.25) is 0 Å². The number of pyridine rings is 1. The summed E-state index contributed by atoms with van der Waals surface area (Å²) in [6.45, 7) is 3.11. The van der Waals surface area contributed by atoms with Crippen LogP contribution in [0.1, 0.15) is 31.4 Å². The van der Waals surface area contributed by atoms with Crippen molar-refractivity contribution in [3.05, 3.63) is 30.1 Å². The van der Waals surface area contributed by atoms with E-state index in [0.29, 0.717) is 6.04 Å². The molecule has 74 valence electrons. The van der Waals surface area contributed by atoms with Crippen molar-refractivity contribution in [2.75, 3.05) is 6.54 Å². The predicted molar refractivity (Wildman–Crippen MR) is 58.7 cm³/mol. The van der Waals surface area contributed by atoms with Crippen LogP contribution in [0.5, 0.6) is 0 Å². The third kappa shape index (κ3) is 3.59. The lowest BCUT2D eigenvalue weighted by Gasteiger charge is -2.12. The van der Waals surface area contributed by atoms with E-state index < -0.39 is 0 Å². The molecule has 14 heavy (non-hydrogen) atoms. The van der Waals surface area contributed by atoms with E-state index in [1.54, 1.807) is 0 Å². The fourth-order valence-corrected chi connectivity index (χ4v) is 1.28. The summed E-state index contributed by atoms with van der Waals surface area (Å²) in [5.41, 5.74) is 1.26. The van der Waals surface area contributed by atoms with Gasteiger partial charge in [-0.2, -0.15) is 0 Å². The highest BCUT2D eigenvalue weighted by molar-refractivity contribution is 5.13. The molecule has 1 atom stereocenters. The van der Waals surface area contributed by atoms with Crippen molar-refractivity contribution in [3.63, 3.8) is 0 Å². The Kier molecular flexibility index (Phi) is 4.74. The van der Waals surface area contributed by atoms with Gasteiger partial charge in [-0.3, -0.25) is 4.98 Å². The maximum Gasteiger partial charge on any atom is 0.0292 e. The second kappa shape index (κ2) is 6.17. The molecule has 0 saturated heterocycles. The van der Waals surface area contributed by atoms with Gasteiger partial charge in [0.15, 0.2) is 0 Å². The standard InChI is InChI=1S/C12H16N2/c1-3-4-5-8-14-11(2)12-6-9-13-10-7-12/h1,6-7,9-11,14H,4-5,8H2,2H3/t11-/m1/s1. The van der Waals surface area contributed by atoms with Crippen LogP contribution in [-0.2, 0) is 0 Å². The summed E-state index contributed by atoms with van der Waals surface area (Å²) in [5, 5.41) is 3.41. The SMILES string of the molecule is C#CCCCN[C@H](C)c1ccncc1. The first-order valence-electron chi connectivity index (χ1n) is 4.91. The van der Waals surface area contributed by atoms with Crippen molar-refractivity contribution in [2.24, 2.45) is 0 Å². The van der Waals surface area contributed by atoms with Crippen molar-refractivity contribution in [1.82, 2.24) is 10.3 Å². The summed E-state index contributed by atoms with van der Waals surface area (Å²) >= 11 is 0. The molecule has 0 saturated carbocycles. The lowest BCUT2D eigenvalue weighted by Crippen LogP contribution is -2.19. The lowest BCUT2D eigenvalue weighted by atomic mass is 10.1. The van der Waals surface area contributed by atoms with Crippen LogP contribution in [0, 0.1) is 12.3 Å². The second-order valence-electron chi connectivity index (χ2n) is 3.26. The fraction of sp³-hybridized carbons (Fsp3) is 0.417. The highest BCUT2D eigenvalue weighted by Crippen LogP contribution is 2.09. The molecule has 1 rings (SSSR count). The van der Waals surface area contributed by atoms with E-state index in [9.17, 15) is 0 Å². The molecule has 0 aliphatic heterocycles. The van der Waals surface area contributed by atoms with Crippen molar-refractivity contribution < 1.29 is 0 Å². The Labute approximate surface area is 85.8 Å². The van der Waals surface area contributed by atoms with Gasteiger partial charge in [-0.15, -0.1) is 12.3 Å². The molecule has 0 spiro atoms. The minimum Gasteiger partial charge on any atom is -0.310 e. The molecule has 0 unspecified atom stereocenters. The first-order chi connectivity index (χ1) is 6.84. The lowest BCUT2D eigenvalue weighted by molar-refractivity contribution is 0.562. The molecule has 1 aromatic heterocycles. The number of nitrogens with zero attached hydrogens (tertiary/aromatic N) is 1. The molecule has 2 nitrogen and oxygen atoms in total. The third-order valence-electron chi connectivity index (χ3n) is 2.15. The Morgan fingerprint density at radius 2 is 2.21 bits per heavy atom. The zero-order chi connectivity index (χ0) is 10.2. The zero-order valence-electron chi connectivity index (χ0n) is 8.53. The summed E-state index contributed by atoms with van der Waals surface area (Å²) in [4.78, 5) is 3.98. The average molecular weight is 188 g/mol. The Morgan fingerprint density at radius 1 is 1.50 bits per heavy atom. The molecule has 2 heteroatoms. The molecule has 0 aromatic carbocycles. The number of unbranched alkanes of at least 4 members (excludes halogenated alkanes) is 1. The summed E-state index contributed by atoms with van der Waals surface area (Å²) in [5.74, 6) is 2.63. The quantitative estimate of drug-likeness (QED) is 0.565. The number of nitrogens with one attached hydrogen (secondary N) is 1. The van der Waals surface area contributed by atoms with Gasteiger partial charge in [-0.1, -0.05) is 0 Å². The molecule has 0 amide bonds. The molecule has 0 bridgehead atoms. The van der Waals surface area contributed by atoms with Gasteiger partial charge in [0, 0.05) is 24.9 Å². The maximum absolute atomic E-state index is 5.17. The topological polar surface area (TPSA) is 24.9 Å². The molecule has 1 N–H and O–H groups in total. The predicted octanol–water partition coefficient (Wildman–Crippen LogP) is 2.15. The molecular formula is C12H16N2. The number of terminal acetylenes is 1. The van der Waals surface area contributed by atoms with Crippen LogP contribution in [0.4, 0.5) is 0 Å². The monoisotopic (exact) mass is 188 g/mol. The summed E-state index contributed by atoms with van der Waals surface area (Å²) < 4.78 is 0. The largest absolute Gasteiger partial charge is 0.310 e. The molecular weight excluding hydrogens is 172 g/mol. The van der Waals surface area contributed by atoms with Gasteiger partial charge in [0.25, 0.3) is 0 Å². The summed E-state index contributed by atoms with van der Waals surface area (Å²) in [7, 11) is 0. The molecule has 0 radical (unpaired) electrons. The van der Waals surface area contributed by atoms with E-state index in [1.165, 1.54) is 5.56 Å². The fourth-order valence-electron chi connectivity index (χ4n) is 1.28. The zero-order valence-corrected chi connectivity index (χ0v) is 8.53. The Morgan fingerprint density at radius 3 is 2.86 bits per heavy atom. The van der Waals surface area contributed by atoms with E-state index in [1.807, 2.05) is 24.5 Å². The molecule has 1 heterocycles. The first-order valence-corrected chi connectivity index (χ1v) is 4.91. The minimum atomic E-state index is 0.371. The number of hydrogen-bond donors (Lipinski definition) is 1. The van der Waals surface area contributed by atoms with E-state index in [4.69, 9.17) is 6.42 Å². The van der Waals surface area contributed by atoms with Gasteiger partial charge < -0.3 is 5.32 Å². The van der Waals surface area contributed by atoms with Crippen LogP contribution < -0.4 is 5.32 Å². The molecule has 0 fully saturated rings. The third-order valence-corrected chi connectivity index (χ3v) is 2.15. The van der Waals surface area contributed by atoms with E-state index in [0.717, 1.165) is 19.4 Å². The van der Waals surface area contributed by atoms with Crippen LogP contribution in [0.3, 0.4) is 0 Å². The molecule has 1 aromatic rings. The smallest absolute Gasteiger partial charge is 0.0292 e. The maximum atomic E-state index is 5.17. The van der Waals surface area contributed by atoms with Crippen LogP contribution in [-0.4, -0.2) is 11.5 Å². The van der Waals surface area contributed by atoms with Crippen molar-refractivity contribution >= 4 is 0 Å². The summed E-state index contributed by atoms with van der Waals surface area (Å²) in [6.07, 6.45) is 10.7. The van der Waals surface area contributed by atoms with Gasteiger partial charge in [-0.05, 0) is 37.6 Å². The van der Waals surface area contributed by atoms with Gasteiger partial charge in [0.05, 0.1) is 0 Å². The van der Waals surface area contributed by atoms with Gasteiger partial charge >= 0.3 is 0 Å². The van der Waals surface area contributed by atoms with E-state index in [2.05, 4.69) is 23.1 Å². The van der Waals surface area contributed by atoms with Crippen LogP contribution >= 0.6 is 0 Å². The average Bonchev–Trinajstić information content (AvgIpc) is 2.25. The normalized spacial score (nSPS) is 12.0. The molecule has 0 aliphatic carbocycles. The van der Waals surface area contributed by atoms with Crippen molar-refractivity contribution in [2.45, 2.75) is 25.8 Å². The molecule has 0 aliphatic rings. The van der Waals surface area contributed by atoms with Crippen LogP contribution in [0.2, 0.25) is 0 Å². The number of rotatable bonds is 5. The Balaban J connectivity index is 2.29. The summed E-state index contributed by atoms with van der Waals surface area (Å²) in [6, 6.07) is 4.42. The second-order valence-corrected chi connectivity index (χ2v) is 3.26. The van der Waals surface area contributed by atoms with E-state index in [-0.39, 0.29) is 0 Å². The highest BCUT2D eigenvalue weighted by atomic mass is 14.9. The number of aromatic nitrogens is 1. The number of hydrogen-bond acceptors (Lipinski definition) is 2.